The highest BCUT2D eigenvalue weighted by Gasteiger charge is 2.32. The van der Waals surface area contributed by atoms with E-state index in [0.29, 0.717) is 9.92 Å². The first kappa shape index (κ1) is 17.0. The molecule has 1 aliphatic carbocycles. The number of rotatable bonds is 3. The Kier molecular flexibility index (Phi) is 4.92. The number of carbonyl (C=O) groups excluding carboxylic acids is 1. The number of ketones is 1. The minimum absolute atomic E-state index is 0.0103. The van der Waals surface area contributed by atoms with Crippen molar-refractivity contribution in [3.8, 4) is 0 Å². The average Bonchev–Trinajstić information content (AvgIpc) is 2.52. The lowest BCUT2D eigenvalue weighted by Gasteiger charge is -2.24. The van der Waals surface area contributed by atoms with Gasteiger partial charge in [0.25, 0.3) is 0 Å². The van der Waals surface area contributed by atoms with Crippen LogP contribution in [0.15, 0.2) is 58.0 Å². The minimum Gasteiger partial charge on any atom is -0.511 e. The molecule has 1 unspecified atom stereocenters. The highest BCUT2D eigenvalue weighted by Crippen LogP contribution is 2.42. The lowest BCUT2D eigenvalue weighted by molar-refractivity contribution is -0.115. The molecule has 1 atom stereocenters. The van der Waals surface area contributed by atoms with E-state index in [-0.39, 0.29) is 34.9 Å². The van der Waals surface area contributed by atoms with Crippen LogP contribution >= 0.6 is 23.4 Å². The predicted molar refractivity (Wildman–Crippen MR) is 90.3 cm³/mol. The molecule has 2 nitrogen and oxygen atoms in total. The Morgan fingerprint density at radius 2 is 1.71 bits per heavy atom. The van der Waals surface area contributed by atoms with Gasteiger partial charge in [0.15, 0.2) is 5.78 Å². The number of Topliss-reactive ketones (excluding diaryl/α,β-unsaturated/α-hetero) is 1. The zero-order valence-corrected chi connectivity index (χ0v) is 14.0. The summed E-state index contributed by atoms with van der Waals surface area (Å²) in [7, 11) is 0. The lowest BCUT2D eigenvalue weighted by atomic mass is 9.85. The van der Waals surface area contributed by atoms with Crippen LogP contribution in [-0.2, 0) is 4.79 Å². The zero-order valence-electron chi connectivity index (χ0n) is 12.4. The van der Waals surface area contributed by atoms with E-state index in [1.54, 1.807) is 24.3 Å². The Hall–Kier alpha value is -1.85. The molecule has 24 heavy (non-hydrogen) atoms. The SMILES string of the molecule is O=C1CC(c2c(F)cccc2F)CC(O)=C1Sc1ccccc1Cl. The van der Waals surface area contributed by atoms with Crippen LogP contribution < -0.4 is 0 Å². The maximum Gasteiger partial charge on any atom is 0.173 e. The highest BCUT2D eigenvalue weighted by molar-refractivity contribution is 8.04. The van der Waals surface area contributed by atoms with E-state index in [1.165, 1.54) is 6.07 Å². The van der Waals surface area contributed by atoms with Crippen LogP contribution in [0.4, 0.5) is 8.78 Å². The second kappa shape index (κ2) is 6.95. The summed E-state index contributed by atoms with van der Waals surface area (Å²) in [6.07, 6.45) is -0.0505. The van der Waals surface area contributed by atoms with E-state index in [9.17, 15) is 18.7 Å². The summed E-state index contributed by atoms with van der Waals surface area (Å²) in [4.78, 5) is 13.2. The van der Waals surface area contributed by atoms with Gasteiger partial charge in [0.05, 0.1) is 9.93 Å². The molecule has 0 spiro atoms. The Balaban J connectivity index is 1.90. The molecule has 3 rings (SSSR count). The first-order valence-electron chi connectivity index (χ1n) is 7.29. The fraction of sp³-hybridized carbons (Fsp3) is 0.167. The topological polar surface area (TPSA) is 37.3 Å². The zero-order chi connectivity index (χ0) is 17.3. The molecule has 0 saturated carbocycles. The van der Waals surface area contributed by atoms with Gasteiger partial charge in [-0.15, -0.1) is 0 Å². The lowest BCUT2D eigenvalue weighted by Crippen LogP contribution is -2.19. The van der Waals surface area contributed by atoms with Crippen LogP contribution in [0.3, 0.4) is 0 Å². The number of hydrogen-bond donors (Lipinski definition) is 1. The number of aliphatic hydroxyl groups excluding tert-OH is 1. The smallest absolute Gasteiger partial charge is 0.173 e. The van der Waals surface area contributed by atoms with E-state index in [0.717, 1.165) is 23.9 Å². The van der Waals surface area contributed by atoms with Crippen LogP contribution in [-0.4, -0.2) is 10.9 Å². The molecule has 2 aromatic rings. The van der Waals surface area contributed by atoms with Crippen LogP contribution in [0.25, 0.3) is 0 Å². The third-order valence-electron chi connectivity index (χ3n) is 3.84. The van der Waals surface area contributed by atoms with Crippen molar-refractivity contribution in [1.82, 2.24) is 0 Å². The normalized spacial score (nSPS) is 18.1. The largest absolute Gasteiger partial charge is 0.511 e. The number of aliphatic hydroxyl groups is 1. The predicted octanol–water partition coefficient (Wildman–Crippen LogP) is 5.63. The van der Waals surface area contributed by atoms with E-state index in [4.69, 9.17) is 11.6 Å². The Labute approximate surface area is 147 Å². The highest BCUT2D eigenvalue weighted by atomic mass is 35.5. The number of carbonyl (C=O) groups is 1. The molecule has 0 amide bonds. The van der Waals surface area contributed by atoms with Gasteiger partial charge in [0, 0.05) is 29.2 Å². The van der Waals surface area contributed by atoms with Gasteiger partial charge in [-0.25, -0.2) is 8.78 Å². The van der Waals surface area contributed by atoms with Crippen LogP contribution in [0, 0.1) is 11.6 Å². The van der Waals surface area contributed by atoms with Gasteiger partial charge in [-0.05, 0) is 24.3 Å². The van der Waals surface area contributed by atoms with Crippen molar-refractivity contribution < 1.29 is 18.7 Å². The van der Waals surface area contributed by atoms with Crippen LogP contribution in [0.1, 0.15) is 24.3 Å². The van der Waals surface area contributed by atoms with E-state index < -0.39 is 17.6 Å². The van der Waals surface area contributed by atoms with Crippen LogP contribution in [0.2, 0.25) is 5.02 Å². The number of hydrogen-bond acceptors (Lipinski definition) is 3. The summed E-state index contributed by atoms with van der Waals surface area (Å²) in [6, 6.07) is 10.5. The maximum absolute atomic E-state index is 13.9. The fourth-order valence-corrected chi connectivity index (χ4v) is 3.92. The molecule has 1 aliphatic rings. The quantitative estimate of drug-likeness (QED) is 0.765. The molecular formula is C18H13ClF2O2S. The Morgan fingerprint density at radius 1 is 1.04 bits per heavy atom. The second-order valence-electron chi connectivity index (χ2n) is 5.47. The number of allylic oxidation sites excluding steroid dienone is 2. The van der Waals surface area contributed by atoms with Gasteiger partial charge in [0.1, 0.15) is 17.4 Å². The van der Waals surface area contributed by atoms with Crippen molar-refractivity contribution in [3.05, 3.63) is 75.3 Å². The minimum atomic E-state index is -0.714. The first-order chi connectivity index (χ1) is 11.5. The van der Waals surface area contributed by atoms with Crippen molar-refractivity contribution >= 4 is 29.1 Å². The molecule has 1 N–H and O–H groups in total. The van der Waals surface area contributed by atoms with Crippen LogP contribution in [0.5, 0.6) is 0 Å². The Bertz CT molecular complexity index is 815. The van der Waals surface area contributed by atoms with Crippen molar-refractivity contribution in [2.24, 2.45) is 0 Å². The summed E-state index contributed by atoms with van der Waals surface area (Å²) >= 11 is 7.14. The monoisotopic (exact) mass is 366 g/mol. The second-order valence-corrected chi connectivity index (χ2v) is 6.93. The van der Waals surface area contributed by atoms with Gasteiger partial charge >= 0.3 is 0 Å². The number of halogens is 3. The maximum atomic E-state index is 13.9. The first-order valence-corrected chi connectivity index (χ1v) is 8.48. The molecule has 0 saturated heterocycles. The summed E-state index contributed by atoms with van der Waals surface area (Å²) in [6.45, 7) is 0. The molecule has 0 aliphatic heterocycles. The number of thioether (sulfide) groups is 1. The van der Waals surface area contributed by atoms with E-state index in [2.05, 4.69) is 0 Å². The van der Waals surface area contributed by atoms with Crippen molar-refractivity contribution in [2.45, 2.75) is 23.7 Å². The molecule has 2 aromatic carbocycles. The molecule has 0 bridgehead atoms. The molecule has 0 aromatic heterocycles. The van der Waals surface area contributed by atoms with Gasteiger partial charge in [-0.3, -0.25) is 4.79 Å². The molecule has 124 valence electrons. The molecule has 6 heteroatoms. The van der Waals surface area contributed by atoms with Crippen molar-refractivity contribution in [2.75, 3.05) is 0 Å². The summed E-state index contributed by atoms with van der Waals surface area (Å²) in [5.41, 5.74) is -0.154. The van der Waals surface area contributed by atoms with Gasteiger partial charge in [-0.1, -0.05) is 41.6 Å². The van der Waals surface area contributed by atoms with Crippen molar-refractivity contribution in [1.29, 1.82) is 0 Å². The summed E-state index contributed by atoms with van der Waals surface area (Å²) in [5, 5.41) is 10.7. The van der Waals surface area contributed by atoms with E-state index in [1.807, 2.05) is 0 Å². The number of benzene rings is 2. The van der Waals surface area contributed by atoms with E-state index >= 15 is 0 Å². The molecule has 0 heterocycles. The third kappa shape index (κ3) is 3.32. The molecular weight excluding hydrogens is 354 g/mol. The van der Waals surface area contributed by atoms with Gasteiger partial charge < -0.3 is 5.11 Å². The fourth-order valence-electron chi connectivity index (χ4n) is 2.73. The molecule has 0 radical (unpaired) electrons. The average molecular weight is 367 g/mol. The third-order valence-corrected chi connectivity index (χ3v) is 5.53. The Morgan fingerprint density at radius 3 is 2.33 bits per heavy atom. The van der Waals surface area contributed by atoms with Gasteiger partial charge in [0.2, 0.25) is 0 Å². The molecule has 0 fully saturated rings. The van der Waals surface area contributed by atoms with Gasteiger partial charge in [-0.2, -0.15) is 0 Å². The summed E-state index contributed by atoms with van der Waals surface area (Å²) in [5.74, 6) is -2.64. The van der Waals surface area contributed by atoms with Crippen molar-refractivity contribution in [3.63, 3.8) is 0 Å². The standard InChI is InChI=1S/C18H13ClF2O2S/c19-11-4-1-2-7-16(11)24-18-14(22)8-10(9-15(18)23)17-12(20)5-3-6-13(17)21/h1-7,10,22H,8-9H2. The summed E-state index contributed by atoms with van der Waals surface area (Å²) < 4.78 is 27.8.